The Morgan fingerprint density at radius 3 is 2.41 bits per heavy atom. The lowest BCUT2D eigenvalue weighted by Gasteiger charge is -2.36. The number of ether oxygens (including phenoxy) is 1. The van der Waals surface area contributed by atoms with E-state index in [0.29, 0.717) is 0 Å². The molecule has 0 bridgehead atoms. The van der Waals surface area contributed by atoms with Crippen molar-refractivity contribution in [3.63, 3.8) is 0 Å². The molecular weight excluding hydrogens is 278 g/mol. The molecule has 22 heavy (non-hydrogen) atoms. The van der Waals surface area contributed by atoms with Gasteiger partial charge in [0.25, 0.3) is 0 Å². The van der Waals surface area contributed by atoms with Gasteiger partial charge in [0, 0.05) is 7.05 Å². The molecule has 1 aliphatic carbocycles. The van der Waals surface area contributed by atoms with Gasteiger partial charge in [0.2, 0.25) is 0 Å². The molecule has 0 radical (unpaired) electrons. The molecule has 0 saturated carbocycles. The minimum atomic E-state index is -1.03. The largest absolute Gasteiger partial charge is 0.444 e. The van der Waals surface area contributed by atoms with Gasteiger partial charge in [-0.2, -0.15) is 0 Å². The van der Waals surface area contributed by atoms with Crippen molar-refractivity contribution < 1.29 is 14.3 Å². The minimum absolute atomic E-state index is 0.498. The van der Waals surface area contributed by atoms with E-state index >= 15 is 0 Å². The molecule has 0 fully saturated rings. The summed E-state index contributed by atoms with van der Waals surface area (Å²) >= 11 is 0. The van der Waals surface area contributed by atoms with Gasteiger partial charge >= 0.3 is 6.09 Å². The maximum absolute atomic E-state index is 12.3. The first-order chi connectivity index (χ1) is 10.2. The van der Waals surface area contributed by atoms with Crippen molar-refractivity contribution in [3.8, 4) is 0 Å². The maximum Gasteiger partial charge on any atom is 0.411 e. The number of hydrogen-bond acceptors (Lipinski definition) is 3. The number of hydrogen-bond donors (Lipinski definition) is 0. The fraction of sp³-hybridized carbons (Fsp3) is 0.556. The number of carbonyl (C=O) groups excluding carboxylic acids is 2. The normalized spacial score (nSPS) is 16.6. The molecule has 1 unspecified atom stereocenters. The van der Waals surface area contributed by atoms with Crippen LogP contribution >= 0.6 is 0 Å². The number of carbonyl (C=O) groups is 2. The van der Waals surface area contributed by atoms with Crippen molar-refractivity contribution in [2.24, 2.45) is 0 Å². The highest BCUT2D eigenvalue weighted by Gasteiger charge is 2.37. The number of amides is 1. The molecule has 0 spiro atoms. The van der Waals surface area contributed by atoms with E-state index in [4.69, 9.17) is 4.74 Å². The van der Waals surface area contributed by atoms with Gasteiger partial charge in [0.15, 0.2) is 0 Å². The monoisotopic (exact) mass is 303 g/mol. The first-order valence-corrected chi connectivity index (χ1v) is 7.73. The van der Waals surface area contributed by atoms with Gasteiger partial charge in [0.1, 0.15) is 17.4 Å². The molecule has 0 saturated heterocycles. The molecule has 1 aromatic rings. The molecule has 4 nitrogen and oxygen atoms in total. The lowest BCUT2D eigenvalue weighted by Crippen LogP contribution is -2.48. The molecule has 0 aliphatic heterocycles. The Labute approximate surface area is 132 Å². The van der Waals surface area contributed by atoms with Crippen LogP contribution in [0.3, 0.4) is 0 Å². The summed E-state index contributed by atoms with van der Waals surface area (Å²) in [4.78, 5) is 25.5. The number of likely N-dealkylation sites (N-methyl/N-ethyl adjacent to an activating group) is 1. The summed E-state index contributed by atoms with van der Waals surface area (Å²) in [6, 6.07) is 6.07. The van der Waals surface area contributed by atoms with Gasteiger partial charge in [-0.15, -0.1) is 0 Å². The van der Waals surface area contributed by atoms with Crippen LogP contribution in [0.15, 0.2) is 18.2 Å². The molecule has 1 aromatic carbocycles. The number of nitrogens with zero attached hydrogens (tertiary/aromatic N) is 1. The number of aryl methyl sites for hydroxylation is 2. The van der Waals surface area contributed by atoms with Crippen LogP contribution < -0.4 is 0 Å². The van der Waals surface area contributed by atoms with Crippen LogP contribution in [0.2, 0.25) is 0 Å². The Morgan fingerprint density at radius 2 is 1.82 bits per heavy atom. The third-order valence-corrected chi connectivity index (χ3v) is 4.28. The predicted molar refractivity (Wildman–Crippen MR) is 85.9 cm³/mol. The summed E-state index contributed by atoms with van der Waals surface area (Å²) in [5.74, 6) is 0. The highest BCUT2D eigenvalue weighted by atomic mass is 16.6. The molecule has 1 atom stereocenters. The molecule has 0 heterocycles. The number of aldehydes is 1. The third-order valence-electron chi connectivity index (χ3n) is 4.28. The van der Waals surface area contributed by atoms with Crippen molar-refractivity contribution in [2.75, 3.05) is 7.05 Å². The van der Waals surface area contributed by atoms with Gasteiger partial charge < -0.3 is 9.53 Å². The number of benzene rings is 1. The van der Waals surface area contributed by atoms with Gasteiger partial charge in [0.05, 0.1) is 0 Å². The predicted octanol–water partition coefficient (Wildman–Crippen LogP) is 3.46. The molecule has 1 aliphatic rings. The summed E-state index contributed by atoms with van der Waals surface area (Å²) in [5.41, 5.74) is 1.84. The SMILES string of the molecule is CN(C(=O)OC(C)(C)C)C(C)(C=O)c1ccc2c(c1)CCC2. The highest BCUT2D eigenvalue weighted by Crippen LogP contribution is 2.31. The van der Waals surface area contributed by atoms with Gasteiger partial charge in [-0.3, -0.25) is 4.90 Å². The van der Waals surface area contributed by atoms with Crippen LogP contribution in [0.25, 0.3) is 0 Å². The van der Waals surface area contributed by atoms with Crippen molar-refractivity contribution in [3.05, 3.63) is 34.9 Å². The first-order valence-electron chi connectivity index (χ1n) is 7.73. The van der Waals surface area contributed by atoms with Crippen LogP contribution in [0.4, 0.5) is 4.79 Å². The topological polar surface area (TPSA) is 46.6 Å². The molecule has 0 N–H and O–H groups in total. The fourth-order valence-electron chi connectivity index (χ4n) is 2.75. The van der Waals surface area contributed by atoms with Crippen LogP contribution in [-0.4, -0.2) is 29.9 Å². The lowest BCUT2D eigenvalue weighted by atomic mass is 9.90. The Morgan fingerprint density at radius 1 is 1.18 bits per heavy atom. The van der Waals surface area contributed by atoms with Gasteiger partial charge in [-0.25, -0.2) is 4.79 Å². The highest BCUT2D eigenvalue weighted by molar-refractivity contribution is 5.78. The van der Waals surface area contributed by atoms with Crippen LogP contribution in [-0.2, 0) is 27.9 Å². The number of fused-ring (bicyclic) bond motifs is 1. The first kappa shape index (κ1) is 16.5. The molecule has 120 valence electrons. The Kier molecular flexibility index (Phi) is 4.32. The molecule has 4 heteroatoms. The quantitative estimate of drug-likeness (QED) is 0.803. The van der Waals surface area contributed by atoms with E-state index in [1.54, 1.807) is 14.0 Å². The van der Waals surface area contributed by atoms with E-state index in [0.717, 1.165) is 31.1 Å². The van der Waals surface area contributed by atoms with Crippen molar-refractivity contribution in [1.29, 1.82) is 0 Å². The zero-order valence-corrected chi connectivity index (χ0v) is 14.1. The second-order valence-electron chi connectivity index (χ2n) is 7.14. The van der Waals surface area contributed by atoms with E-state index in [9.17, 15) is 9.59 Å². The summed E-state index contributed by atoms with van der Waals surface area (Å²) < 4.78 is 5.39. The minimum Gasteiger partial charge on any atom is -0.444 e. The summed E-state index contributed by atoms with van der Waals surface area (Å²) in [6.07, 6.45) is 3.60. The maximum atomic E-state index is 12.3. The summed E-state index contributed by atoms with van der Waals surface area (Å²) in [7, 11) is 1.61. The average Bonchev–Trinajstić information content (AvgIpc) is 2.91. The zero-order chi connectivity index (χ0) is 16.5. The second-order valence-corrected chi connectivity index (χ2v) is 7.14. The van der Waals surface area contributed by atoms with Crippen LogP contribution in [0, 0.1) is 0 Å². The van der Waals surface area contributed by atoms with Gasteiger partial charge in [-0.05, 0) is 63.6 Å². The van der Waals surface area contributed by atoms with Crippen molar-refractivity contribution in [2.45, 2.75) is 58.1 Å². The second kappa shape index (κ2) is 5.75. The van der Waals surface area contributed by atoms with Gasteiger partial charge in [-0.1, -0.05) is 18.2 Å². The van der Waals surface area contributed by atoms with Crippen molar-refractivity contribution in [1.82, 2.24) is 4.90 Å². The van der Waals surface area contributed by atoms with E-state index in [1.807, 2.05) is 26.8 Å². The van der Waals surface area contributed by atoms with E-state index < -0.39 is 17.2 Å². The summed E-state index contributed by atoms with van der Waals surface area (Å²) in [6.45, 7) is 7.19. The van der Waals surface area contributed by atoms with E-state index in [-0.39, 0.29) is 0 Å². The van der Waals surface area contributed by atoms with E-state index in [2.05, 4.69) is 12.1 Å². The van der Waals surface area contributed by atoms with Crippen LogP contribution in [0.1, 0.15) is 50.8 Å². The molecule has 0 aromatic heterocycles. The Hall–Kier alpha value is -1.84. The molecular formula is C18H25NO3. The van der Waals surface area contributed by atoms with Crippen LogP contribution in [0.5, 0.6) is 0 Å². The lowest BCUT2D eigenvalue weighted by molar-refractivity contribution is -0.117. The third kappa shape index (κ3) is 3.16. The summed E-state index contributed by atoms with van der Waals surface area (Å²) in [5, 5.41) is 0. The fourth-order valence-corrected chi connectivity index (χ4v) is 2.75. The smallest absolute Gasteiger partial charge is 0.411 e. The van der Waals surface area contributed by atoms with Crippen molar-refractivity contribution >= 4 is 12.4 Å². The Bertz CT molecular complexity index is 588. The molecule has 2 rings (SSSR count). The number of rotatable bonds is 3. The average molecular weight is 303 g/mol. The standard InChI is InChI=1S/C18H25NO3/c1-17(2,3)22-16(21)19(5)18(4,12-20)15-10-9-13-7-6-8-14(13)11-15/h9-12H,6-8H2,1-5H3. The Balaban J connectivity index is 2.31. The van der Waals surface area contributed by atoms with E-state index in [1.165, 1.54) is 16.0 Å². The zero-order valence-electron chi connectivity index (χ0n) is 14.1. The molecule has 1 amide bonds.